The monoisotopic (exact) mass is 438 g/mol. The van der Waals surface area contributed by atoms with Crippen LogP contribution in [0, 0.1) is 6.92 Å². The molecule has 0 spiro atoms. The summed E-state index contributed by atoms with van der Waals surface area (Å²) in [6.45, 7) is 5.73. The number of carbonyl (C=O) groups is 1. The van der Waals surface area contributed by atoms with Crippen molar-refractivity contribution in [1.29, 1.82) is 0 Å². The zero-order valence-electron chi connectivity index (χ0n) is 17.8. The third kappa shape index (κ3) is 5.44. The molecule has 0 saturated carbocycles. The average molecular weight is 439 g/mol. The van der Waals surface area contributed by atoms with E-state index in [0.717, 1.165) is 5.56 Å². The van der Waals surface area contributed by atoms with Crippen molar-refractivity contribution in [3.63, 3.8) is 0 Å². The lowest BCUT2D eigenvalue weighted by Gasteiger charge is -2.23. The summed E-state index contributed by atoms with van der Waals surface area (Å²) in [6.07, 6.45) is -0.709. The lowest BCUT2D eigenvalue weighted by molar-refractivity contribution is -0.122. The minimum absolute atomic E-state index is 0.153. The highest BCUT2D eigenvalue weighted by atomic mass is 32.2. The number of aryl methyl sites for hydroxylation is 1. The van der Waals surface area contributed by atoms with Crippen LogP contribution in [0.3, 0.4) is 0 Å². The summed E-state index contributed by atoms with van der Waals surface area (Å²) >= 11 is 0. The van der Waals surface area contributed by atoms with Crippen molar-refractivity contribution in [3.05, 3.63) is 84.4 Å². The van der Waals surface area contributed by atoms with E-state index in [1.807, 2.05) is 37.3 Å². The first-order valence-electron chi connectivity index (χ1n) is 10.0. The van der Waals surface area contributed by atoms with Crippen LogP contribution in [-0.2, 0) is 14.8 Å². The number of carbonyl (C=O) groups excluding carboxylic acids is 1. The fourth-order valence-electron chi connectivity index (χ4n) is 3.04. The van der Waals surface area contributed by atoms with Gasteiger partial charge in [-0.1, -0.05) is 35.9 Å². The summed E-state index contributed by atoms with van der Waals surface area (Å²) in [7, 11) is -3.71. The largest absolute Gasteiger partial charge is 0.481 e. The minimum Gasteiger partial charge on any atom is -0.481 e. The SMILES string of the molecule is CCN(c1ccccc1)S(=O)(=O)c1ccc(NC(=O)C(C)Oc2ccc(C)cc2)cc1. The van der Waals surface area contributed by atoms with Crippen LogP contribution in [0.1, 0.15) is 19.4 Å². The first kappa shape index (κ1) is 22.4. The van der Waals surface area contributed by atoms with Crippen LogP contribution in [0.25, 0.3) is 0 Å². The van der Waals surface area contributed by atoms with E-state index in [1.165, 1.54) is 16.4 Å². The number of hydrogen-bond acceptors (Lipinski definition) is 4. The van der Waals surface area contributed by atoms with Gasteiger partial charge in [-0.2, -0.15) is 0 Å². The number of sulfonamides is 1. The summed E-state index contributed by atoms with van der Waals surface area (Å²) in [5, 5.41) is 2.75. The van der Waals surface area contributed by atoms with Crippen molar-refractivity contribution >= 4 is 27.3 Å². The molecule has 1 amide bonds. The lowest BCUT2D eigenvalue weighted by atomic mass is 10.2. The maximum absolute atomic E-state index is 13.1. The average Bonchev–Trinajstić information content (AvgIpc) is 2.76. The van der Waals surface area contributed by atoms with Crippen molar-refractivity contribution in [2.45, 2.75) is 31.8 Å². The molecule has 1 unspecified atom stereocenters. The molecule has 3 aromatic rings. The van der Waals surface area contributed by atoms with Gasteiger partial charge in [0.25, 0.3) is 15.9 Å². The number of benzene rings is 3. The Kier molecular flexibility index (Phi) is 6.97. The number of amides is 1. The number of anilines is 2. The Morgan fingerprint density at radius 3 is 2.16 bits per heavy atom. The molecule has 0 saturated heterocycles. The van der Waals surface area contributed by atoms with Gasteiger partial charge in [0.15, 0.2) is 6.10 Å². The third-order valence-corrected chi connectivity index (χ3v) is 6.66. The molecule has 0 aliphatic rings. The summed E-state index contributed by atoms with van der Waals surface area (Å²) < 4.78 is 33.1. The van der Waals surface area contributed by atoms with Crippen molar-refractivity contribution < 1.29 is 17.9 Å². The van der Waals surface area contributed by atoms with Crippen molar-refractivity contribution in [2.75, 3.05) is 16.2 Å². The third-order valence-electron chi connectivity index (χ3n) is 4.74. The maximum atomic E-state index is 13.1. The molecule has 0 aliphatic carbocycles. The van der Waals surface area contributed by atoms with Crippen molar-refractivity contribution in [2.24, 2.45) is 0 Å². The van der Waals surface area contributed by atoms with Gasteiger partial charge in [-0.15, -0.1) is 0 Å². The molecule has 1 atom stereocenters. The Balaban J connectivity index is 1.69. The standard InChI is InChI=1S/C24H26N2O4S/c1-4-26(21-8-6-5-7-9-21)31(28,29)23-16-12-20(13-17-23)25-24(27)19(3)30-22-14-10-18(2)11-15-22/h5-17,19H,4H2,1-3H3,(H,25,27). The molecular weight excluding hydrogens is 412 g/mol. The van der Waals surface area contributed by atoms with E-state index >= 15 is 0 Å². The van der Waals surface area contributed by atoms with E-state index in [0.29, 0.717) is 23.7 Å². The van der Waals surface area contributed by atoms with Crippen LogP contribution in [0.2, 0.25) is 0 Å². The predicted molar refractivity (Wildman–Crippen MR) is 123 cm³/mol. The molecule has 3 rings (SSSR count). The topological polar surface area (TPSA) is 75.7 Å². The Bertz CT molecular complexity index is 1110. The smallest absolute Gasteiger partial charge is 0.265 e. The number of nitrogens with one attached hydrogen (secondary N) is 1. The van der Waals surface area contributed by atoms with Crippen LogP contribution < -0.4 is 14.4 Å². The fourth-order valence-corrected chi connectivity index (χ4v) is 4.52. The van der Waals surface area contributed by atoms with Crippen LogP contribution in [0.4, 0.5) is 11.4 Å². The number of nitrogens with zero attached hydrogens (tertiary/aromatic N) is 1. The van der Waals surface area contributed by atoms with Gasteiger partial charge in [0.2, 0.25) is 0 Å². The molecule has 7 heteroatoms. The normalized spacial score (nSPS) is 12.1. The predicted octanol–water partition coefficient (Wildman–Crippen LogP) is 4.62. The molecule has 0 heterocycles. The summed E-state index contributed by atoms with van der Waals surface area (Å²) in [5.41, 5.74) is 2.20. The van der Waals surface area contributed by atoms with Gasteiger partial charge in [-0.3, -0.25) is 9.10 Å². The van der Waals surface area contributed by atoms with E-state index in [4.69, 9.17) is 4.74 Å². The fraction of sp³-hybridized carbons (Fsp3) is 0.208. The second kappa shape index (κ2) is 9.66. The van der Waals surface area contributed by atoms with Gasteiger partial charge < -0.3 is 10.1 Å². The number of rotatable bonds is 8. The second-order valence-corrected chi connectivity index (χ2v) is 8.95. The molecule has 1 N–H and O–H groups in total. The Labute approximate surface area is 183 Å². The Hall–Kier alpha value is -3.32. The van der Waals surface area contributed by atoms with E-state index in [9.17, 15) is 13.2 Å². The molecule has 162 valence electrons. The van der Waals surface area contributed by atoms with E-state index in [-0.39, 0.29) is 10.8 Å². The van der Waals surface area contributed by atoms with E-state index < -0.39 is 16.1 Å². The minimum atomic E-state index is -3.71. The van der Waals surface area contributed by atoms with Gasteiger partial charge in [0.1, 0.15) is 5.75 Å². The molecular formula is C24H26N2O4S. The molecule has 6 nitrogen and oxygen atoms in total. The van der Waals surface area contributed by atoms with Crippen LogP contribution >= 0.6 is 0 Å². The van der Waals surface area contributed by atoms with Crippen LogP contribution in [0.15, 0.2) is 83.8 Å². The highest BCUT2D eigenvalue weighted by molar-refractivity contribution is 7.92. The van der Waals surface area contributed by atoms with Crippen molar-refractivity contribution in [1.82, 2.24) is 0 Å². The number of hydrogen-bond donors (Lipinski definition) is 1. The zero-order chi connectivity index (χ0) is 22.4. The van der Waals surface area contributed by atoms with Crippen LogP contribution in [-0.4, -0.2) is 27.0 Å². The molecule has 0 radical (unpaired) electrons. The molecule has 3 aromatic carbocycles. The quantitative estimate of drug-likeness (QED) is 0.557. The van der Waals surface area contributed by atoms with E-state index in [2.05, 4.69) is 5.32 Å². The summed E-state index contributed by atoms with van der Waals surface area (Å²) in [4.78, 5) is 12.6. The first-order chi connectivity index (χ1) is 14.8. The van der Waals surface area contributed by atoms with Gasteiger partial charge in [-0.05, 0) is 69.3 Å². The van der Waals surface area contributed by atoms with Gasteiger partial charge in [0, 0.05) is 12.2 Å². The number of para-hydroxylation sites is 1. The number of ether oxygens (including phenoxy) is 1. The highest BCUT2D eigenvalue weighted by Gasteiger charge is 2.23. The Morgan fingerprint density at radius 2 is 1.58 bits per heavy atom. The molecule has 0 aromatic heterocycles. The summed E-state index contributed by atoms with van der Waals surface area (Å²) in [5.74, 6) is 0.283. The van der Waals surface area contributed by atoms with Gasteiger partial charge >= 0.3 is 0 Å². The molecule has 0 fully saturated rings. The van der Waals surface area contributed by atoms with E-state index in [1.54, 1.807) is 50.2 Å². The first-order valence-corrected chi connectivity index (χ1v) is 11.5. The molecule has 31 heavy (non-hydrogen) atoms. The van der Waals surface area contributed by atoms with Gasteiger partial charge in [0.05, 0.1) is 10.6 Å². The molecule has 0 bridgehead atoms. The lowest BCUT2D eigenvalue weighted by Crippen LogP contribution is -2.31. The highest BCUT2D eigenvalue weighted by Crippen LogP contribution is 2.24. The molecule has 0 aliphatic heterocycles. The second-order valence-electron chi connectivity index (χ2n) is 7.09. The van der Waals surface area contributed by atoms with Gasteiger partial charge in [-0.25, -0.2) is 8.42 Å². The summed E-state index contributed by atoms with van der Waals surface area (Å²) in [6, 6.07) is 22.5. The van der Waals surface area contributed by atoms with Crippen LogP contribution in [0.5, 0.6) is 5.75 Å². The zero-order valence-corrected chi connectivity index (χ0v) is 18.6. The Morgan fingerprint density at radius 1 is 0.968 bits per heavy atom. The maximum Gasteiger partial charge on any atom is 0.265 e. The van der Waals surface area contributed by atoms with Crippen molar-refractivity contribution in [3.8, 4) is 5.75 Å².